The van der Waals surface area contributed by atoms with Crippen LogP contribution in [0.2, 0.25) is 0 Å². The van der Waals surface area contributed by atoms with E-state index in [0.29, 0.717) is 0 Å². The van der Waals surface area contributed by atoms with Crippen LogP contribution in [-0.2, 0) is 5.60 Å². The highest BCUT2D eigenvalue weighted by Crippen LogP contribution is 2.28. The van der Waals surface area contributed by atoms with E-state index in [9.17, 15) is 5.11 Å². The summed E-state index contributed by atoms with van der Waals surface area (Å²) < 4.78 is 0. The van der Waals surface area contributed by atoms with Crippen LogP contribution in [0.1, 0.15) is 19.4 Å². The molecule has 2 N–H and O–H groups in total. The summed E-state index contributed by atoms with van der Waals surface area (Å²) in [6.45, 7) is 3.54. The quantitative estimate of drug-likeness (QED) is 0.740. The lowest BCUT2D eigenvalue weighted by Gasteiger charge is -2.30. The zero-order valence-corrected chi connectivity index (χ0v) is 8.07. The molecule has 1 aromatic rings. The molecule has 0 aliphatic heterocycles. The second-order valence-corrected chi connectivity index (χ2v) is 3.60. The normalized spacial score (nSPS) is 15.8. The Balaban J connectivity index is 3.03. The highest BCUT2D eigenvalue weighted by molar-refractivity contribution is 5.22. The molecular formula is C11H16O2. The topological polar surface area (TPSA) is 40.5 Å². The van der Waals surface area contributed by atoms with E-state index in [1.54, 1.807) is 0 Å². The number of aliphatic hydroxyl groups excluding tert-OH is 1. The first-order valence-electron chi connectivity index (χ1n) is 4.50. The van der Waals surface area contributed by atoms with Gasteiger partial charge in [-0.05, 0) is 11.5 Å². The van der Waals surface area contributed by atoms with Crippen molar-refractivity contribution < 1.29 is 10.2 Å². The minimum absolute atomic E-state index is 0.0000926. The smallest absolute Gasteiger partial charge is 0.115 e. The third-order valence-electron chi connectivity index (χ3n) is 2.47. The van der Waals surface area contributed by atoms with Crippen LogP contribution in [0.25, 0.3) is 0 Å². The van der Waals surface area contributed by atoms with Gasteiger partial charge in [-0.25, -0.2) is 0 Å². The Morgan fingerprint density at radius 1 is 1.23 bits per heavy atom. The van der Waals surface area contributed by atoms with Crippen LogP contribution >= 0.6 is 0 Å². The lowest BCUT2D eigenvalue weighted by Crippen LogP contribution is -2.35. The van der Waals surface area contributed by atoms with Crippen LogP contribution in [0.3, 0.4) is 0 Å². The summed E-state index contributed by atoms with van der Waals surface area (Å²) in [5, 5.41) is 19.3. The Hall–Kier alpha value is -0.860. The number of rotatable bonds is 3. The monoisotopic (exact) mass is 180 g/mol. The van der Waals surface area contributed by atoms with Crippen molar-refractivity contribution in [2.75, 3.05) is 6.61 Å². The van der Waals surface area contributed by atoms with Crippen molar-refractivity contribution >= 4 is 0 Å². The Kier molecular flexibility index (Phi) is 3.07. The van der Waals surface area contributed by atoms with Gasteiger partial charge in [0, 0.05) is 0 Å². The highest BCUT2D eigenvalue weighted by atomic mass is 16.3. The summed E-state index contributed by atoms with van der Waals surface area (Å²) in [7, 11) is 0. The van der Waals surface area contributed by atoms with Gasteiger partial charge in [0.1, 0.15) is 5.60 Å². The SMILES string of the molecule is CC(C)[C@](O)(CO)c1ccccc1. The van der Waals surface area contributed by atoms with Crippen molar-refractivity contribution in [2.24, 2.45) is 5.92 Å². The van der Waals surface area contributed by atoms with Crippen LogP contribution in [0.15, 0.2) is 30.3 Å². The van der Waals surface area contributed by atoms with Gasteiger partial charge in [-0.15, -0.1) is 0 Å². The van der Waals surface area contributed by atoms with Crippen molar-refractivity contribution in [3.05, 3.63) is 35.9 Å². The number of hydrogen-bond acceptors (Lipinski definition) is 2. The molecule has 2 heteroatoms. The zero-order chi connectivity index (χ0) is 9.90. The van der Waals surface area contributed by atoms with Gasteiger partial charge in [-0.3, -0.25) is 0 Å². The van der Waals surface area contributed by atoms with E-state index in [-0.39, 0.29) is 12.5 Å². The van der Waals surface area contributed by atoms with Crippen molar-refractivity contribution in [3.8, 4) is 0 Å². The first kappa shape index (κ1) is 10.2. The van der Waals surface area contributed by atoms with E-state index in [2.05, 4.69) is 0 Å². The molecule has 1 atom stereocenters. The minimum Gasteiger partial charge on any atom is -0.393 e. The number of benzene rings is 1. The third-order valence-corrected chi connectivity index (χ3v) is 2.47. The summed E-state index contributed by atoms with van der Waals surface area (Å²) in [5.74, 6) is -0.0000926. The van der Waals surface area contributed by atoms with Crippen LogP contribution < -0.4 is 0 Å². The van der Waals surface area contributed by atoms with E-state index in [1.807, 2.05) is 44.2 Å². The van der Waals surface area contributed by atoms with E-state index in [0.717, 1.165) is 5.56 Å². The van der Waals surface area contributed by atoms with Gasteiger partial charge >= 0.3 is 0 Å². The molecule has 0 aromatic heterocycles. The fraction of sp³-hybridized carbons (Fsp3) is 0.455. The first-order valence-corrected chi connectivity index (χ1v) is 4.50. The molecule has 0 heterocycles. The fourth-order valence-corrected chi connectivity index (χ4v) is 1.33. The van der Waals surface area contributed by atoms with Gasteiger partial charge in [0.05, 0.1) is 6.61 Å². The Labute approximate surface area is 78.8 Å². The molecule has 1 aromatic carbocycles. The molecule has 0 radical (unpaired) electrons. The number of hydrogen-bond donors (Lipinski definition) is 2. The predicted octanol–water partition coefficient (Wildman–Crippen LogP) is 1.52. The van der Waals surface area contributed by atoms with Crippen LogP contribution in [-0.4, -0.2) is 16.8 Å². The van der Waals surface area contributed by atoms with Crippen molar-refractivity contribution in [1.29, 1.82) is 0 Å². The van der Waals surface area contributed by atoms with Crippen LogP contribution in [0.4, 0.5) is 0 Å². The summed E-state index contributed by atoms with van der Waals surface area (Å²) >= 11 is 0. The van der Waals surface area contributed by atoms with Gasteiger partial charge in [-0.2, -0.15) is 0 Å². The van der Waals surface area contributed by atoms with E-state index < -0.39 is 5.60 Å². The summed E-state index contributed by atoms with van der Waals surface area (Å²) in [5.41, 5.74) is -0.339. The highest BCUT2D eigenvalue weighted by Gasteiger charge is 2.31. The predicted molar refractivity (Wildman–Crippen MR) is 52.3 cm³/mol. The molecule has 13 heavy (non-hydrogen) atoms. The fourth-order valence-electron chi connectivity index (χ4n) is 1.33. The van der Waals surface area contributed by atoms with Crippen molar-refractivity contribution in [1.82, 2.24) is 0 Å². The molecule has 0 saturated carbocycles. The van der Waals surface area contributed by atoms with Gasteiger partial charge < -0.3 is 10.2 Å². The van der Waals surface area contributed by atoms with Gasteiger partial charge in [-0.1, -0.05) is 44.2 Å². The molecule has 0 fully saturated rings. The second-order valence-electron chi connectivity index (χ2n) is 3.60. The molecule has 0 bridgehead atoms. The third kappa shape index (κ3) is 1.90. The van der Waals surface area contributed by atoms with E-state index in [4.69, 9.17) is 5.11 Å². The molecule has 0 spiro atoms. The average molecular weight is 180 g/mol. The summed E-state index contributed by atoms with van der Waals surface area (Å²) in [4.78, 5) is 0. The Bertz CT molecular complexity index is 256. The molecule has 0 amide bonds. The van der Waals surface area contributed by atoms with Crippen molar-refractivity contribution in [2.45, 2.75) is 19.4 Å². The summed E-state index contributed by atoms with van der Waals surface area (Å²) in [6.07, 6.45) is 0. The maximum atomic E-state index is 10.1. The van der Waals surface area contributed by atoms with E-state index >= 15 is 0 Å². The summed E-state index contributed by atoms with van der Waals surface area (Å²) in [6, 6.07) is 9.27. The first-order chi connectivity index (χ1) is 6.11. The molecule has 0 aliphatic rings. The molecule has 1 rings (SSSR count). The van der Waals surface area contributed by atoms with Crippen LogP contribution in [0, 0.1) is 5.92 Å². The largest absolute Gasteiger partial charge is 0.393 e. The maximum absolute atomic E-state index is 10.1. The van der Waals surface area contributed by atoms with Gasteiger partial charge in [0.2, 0.25) is 0 Å². The molecule has 72 valence electrons. The zero-order valence-electron chi connectivity index (χ0n) is 8.07. The lowest BCUT2D eigenvalue weighted by atomic mass is 9.84. The molecule has 0 saturated heterocycles. The Morgan fingerprint density at radius 3 is 2.15 bits per heavy atom. The standard InChI is InChI=1S/C11H16O2/c1-9(2)11(13,8-12)10-6-4-3-5-7-10/h3-7,9,12-13H,8H2,1-2H3/t11-/m1/s1. The second kappa shape index (κ2) is 3.90. The van der Waals surface area contributed by atoms with Crippen LogP contribution in [0.5, 0.6) is 0 Å². The van der Waals surface area contributed by atoms with Gasteiger partial charge in [0.15, 0.2) is 0 Å². The Morgan fingerprint density at radius 2 is 1.77 bits per heavy atom. The van der Waals surface area contributed by atoms with E-state index in [1.165, 1.54) is 0 Å². The van der Waals surface area contributed by atoms with Gasteiger partial charge in [0.25, 0.3) is 0 Å². The molecule has 2 nitrogen and oxygen atoms in total. The van der Waals surface area contributed by atoms with Crippen molar-refractivity contribution in [3.63, 3.8) is 0 Å². The average Bonchev–Trinajstić information content (AvgIpc) is 2.17. The number of aliphatic hydroxyl groups is 2. The molecular weight excluding hydrogens is 164 g/mol. The maximum Gasteiger partial charge on any atom is 0.115 e. The minimum atomic E-state index is -1.11. The molecule has 0 unspecified atom stereocenters. The molecule has 0 aliphatic carbocycles. The lowest BCUT2D eigenvalue weighted by molar-refractivity contribution is -0.0568.